The molecule has 4 rings (SSSR count). The van der Waals surface area contributed by atoms with Gasteiger partial charge in [0, 0.05) is 25.0 Å². The summed E-state index contributed by atoms with van der Waals surface area (Å²) in [5, 5.41) is 7.39. The summed E-state index contributed by atoms with van der Waals surface area (Å²) in [4.78, 5) is 0. The van der Waals surface area contributed by atoms with E-state index in [1.807, 2.05) is 0 Å². The lowest BCUT2D eigenvalue weighted by molar-refractivity contribution is 0.386. The van der Waals surface area contributed by atoms with Crippen LogP contribution >= 0.6 is 0 Å². The molecule has 0 amide bonds. The highest BCUT2D eigenvalue weighted by Crippen LogP contribution is 2.47. The zero-order valence-corrected chi connectivity index (χ0v) is 10.2. The van der Waals surface area contributed by atoms with Crippen molar-refractivity contribution < 1.29 is 0 Å². The normalized spacial score (nSPS) is 34.7. The minimum absolute atomic E-state index is 0.604. The molecule has 3 atom stereocenters. The maximum absolute atomic E-state index is 3.83. The maximum Gasteiger partial charge on any atom is 0.0370 e. The highest BCUT2D eigenvalue weighted by molar-refractivity contribution is 5.41. The van der Waals surface area contributed by atoms with Gasteiger partial charge in [-0.15, -0.1) is 0 Å². The van der Waals surface area contributed by atoms with Crippen LogP contribution in [0.3, 0.4) is 0 Å². The summed E-state index contributed by atoms with van der Waals surface area (Å²) in [6, 6.07) is 9.65. The van der Waals surface area contributed by atoms with Gasteiger partial charge in [0.05, 0.1) is 0 Å². The molecule has 0 spiro atoms. The Morgan fingerprint density at radius 1 is 1.12 bits per heavy atom. The molecule has 2 fully saturated rings. The molecule has 0 aromatic heterocycles. The summed E-state index contributed by atoms with van der Waals surface area (Å²) < 4.78 is 0. The van der Waals surface area contributed by atoms with Crippen LogP contribution in [-0.2, 0) is 0 Å². The van der Waals surface area contributed by atoms with Crippen LogP contribution < -0.4 is 10.6 Å². The third-order valence-electron chi connectivity index (χ3n) is 4.74. The monoisotopic (exact) mass is 228 g/mol. The van der Waals surface area contributed by atoms with Gasteiger partial charge in [0.15, 0.2) is 0 Å². The van der Waals surface area contributed by atoms with Crippen molar-refractivity contribution >= 4 is 0 Å². The summed E-state index contributed by atoms with van der Waals surface area (Å²) in [5.41, 5.74) is 3.17. The minimum atomic E-state index is 0.604. The Morgan fingerprint density at radius 2 is 1.94 bits per heavy atom. The first kappa shape index (κ1) is 10.1. The number of rotatable bonds is 3. The van der Waals surface area contributed by atoms with Crippen LogP contribution in [0.4, 0.5) is 0 Å². The fourth-order valence-electron chi connectivity index (χ4n) is 3.63. The first-order chi connectivity index (χ1) is 8.43. The van der Waals surface area contributed by atoms with Crippen LogP contribution in [0, 0.1) is 11.8 Å². The van der Waals surface area contributed by atoms with E-state index in [0.29, 0.717) is 6.04 Å². The van der Waals surface area contributed by atoms with Gasteiger partial charge < -0.3 is 10.6 Å². The topological polar surface area (TPSA) is 24.1 Å². The van der Waals surface area contributed by atoms with Gasteiger partial charge in [-0.1, -0.05) is 24.3 Å². The second kappa shape index (κ2) is 3.82. The second-order valence-electron chi connectivity index (χ2n) is 5.89. The Morgan fingerprint density at radius 3 is 2.76 bits per heavy atom. The number of benzene rings is 1. The zero-order valence-electron chi connectivity index (χ0n) is 10.2. The highest BCUT2D eigenvalue weighted by Gasteiger charge is 2.43. The summed E-state index contributed by atoms with van der Waals surface area (Å²) in [7, 11) is 0. The van der Waals surface area contributed by atoms with Gasteiger partial charge in [-0.05, 0) is 42.3 Å². The van der Waals surface area contributed by atoms with Crippen LogP contribution in [0.5, 0.6) is 0 Å². The van der Waals surface area contributed by atoms with E-state index in [0.717, 1.165) is 17.8 Å². The number of fused-ring (bicyclic) bond motifs is 3. The van der Waals surface area contributed by atoms with Crippen molar-refractivity contribution in [1.29, 1.82) is 0 Å². The molecule has 1 unspecified atom stereocenters. The third-order valence-corrected chi connectivity index (χ3v) is 4.74. The molecule has 1 saturated carbocycles. The van der Waals surface area contributed by atoms with E-state index in [2.05, 4.69) is 34.9 Å². The summed E-state index contributed by atoms with van der Waals surface area (Å²) in [6.45, 7) is 3.58. The first-order valence-corrected chi connectivity index (χ1v) is 6.96. The van der Waals surface area contributed by atoms with Gasteiger partial charge in [0.1, 0.15) is 0 Å². The minimum Gasteiger partial charge on any atom is -0.316 e. The fourth-order valence-corrected chi connectivity index (χ4v) is 3.63. The first-order valence-electron chi connectivity index (χ1n) is 6.96. The average molecular weight is 228 g/mol. The highest BCUT2D eigenvalue weighted by atomic mass is 15.0. The van der Waals surface area contributed by atoms with Gasteiger partial charge in [-0.25, -0.2) is 0 Å². The van der Waals surface area contributed by atoms with Crippen molar-refractivity contribution in [3.63, 3.8) is 0 Å². The van der Waals surface area contributed by atoms with Crippen LogP contribution in [0.1, 0.15) is 35.9 Å². The van der Waals surface area contributed by atoms with E-state index in [4.69, 9.17) is 0 Å². The molecule has 3 aliphatic rings. The summed E-state index contributed by atoms with van der Waals surface area (Å²) in [5.74, 6) is 2.50. The lowest BCUT2D eigenvalue weighted by Gasteiger charge is -2.20. The van der Waals surface area contributed by atoms with E-state index in [1.54, 1.807) is 11.1 Å². The molecule has 2 nitrogen and oxygen atoms in total. The number of hydrogen-bond acceptors (Lipinski definition) is 2. The summed E-state index contributed by atoms with van der Waals surface area (Å²) in [6.07, 6.45) is 2.88. The molecule has 1 aromatic rings. The number of hydrogen-bond donors (Lipinski definition) is 2. The molecule has 0 radical (unpaired) electrons. The van der Waals surface area contributed by atoms with E-state index in [9.17, 15) is 0 Å². The van der Waals surface area contributed by atoms with Gasteiger partial charge in [0.2, 0.25) is 0 Å². The maximum atomic E-state index is 3.83. The predicted octanol–water partition coefficient (Wildman–Crippen LogP) is 2.04. The largest absolute Gasteiger partial charge is 0.316 e. The van der Waals surface area contributed by atoms with Crippen molar-refractivity contribution in [2.24, 2.45) is 11.8 Å². The summed E-state index contributed by atoms with van der Waals surface area (Å²) >= 11 is 0. The fraction of sp³-hybridized carbons (Fsp3) is 0.600. The van der Waals surface area contributed by atoms with Crippen LogP contribution in [-0.4, -0.2) is 19.6 Å². The SMILES string of the molecule is c1ccc2c(c1)C(NCC1CC1)[C@H]1CNC[C@@H]21. The van der Waals surface area contributed by atoms with E-state index in [-0.39, 0.29) is 0 Å². The van der Waals surface area contributed by atoms with Crippen molar-refractivity contribution in [3.8, 4) is 0 Å². The Kier molecular flexibility index (Phi) is 2.27. The second-order valence-corrected chi connectivity index (χ2v) is 5.89. The lowest BCUT2D eigenvalue weighted by Crippen LogP contribution is -2.29. The van der Waals surface area contributed by atoms with Crippen molar-refractivity contribution in [3.05, 3.63) is 35.4 Å². The molecule has 1 aliphatic heterocycles. The van der Waals surface area contributed by atoms with Crippen molar-refractivity contribution in [2.45, 2.75) is 24.8 Å². The van der Waals surface area contributed by atoms with Gasteiger partial charge in [-0.3, -0.25) is 0 Å². The molecule has 2 N–H and O–H groups in total. The lowest BCUT2D eigenvalue weighted by atomic mass is 9.94. The van der Waals surface area contributed by atoms with E-state index in [1.165, 1.54) is 32.5 Å². The van der Waals surface area contributed by atoms with Crippen LogP contribution in [0.15, 0.2) is 24.3 Å². The molecule has 17 heavy (non-hydrogen) atoms. The zero-order chi connectivity index (χ0) is 11.2. The Labute approximate surface area is 103 Å². The number of nitrogens with one attached hydrogen (secondary N) is 2. The molecule has 2 aliphatic carbocycles. The molecule has 0 bridgehead atoms. The van der Waals surface area contributed by atoms with Gasteiger partial charge in [-0.2, -0.15) is 0 Å². The molecule has 90 valence electrons. The smallest absolute Gasteiger partial charge is 0.0370 e. The standard InChI is InChI=1S/C15H20N2/c1-2-4-12-11(3-1)13-8-16-9-14(13)15(12)17-7-10-5-6-10/h1-4,10,13-17H,5-9H2/t13-,14-,15?/m0/s1. The quantitative estimate of drug-likeness (QED) is 0.827. The van der Waals surface area contributed by atoms with E-state index < -0.39 is 0 Å². The molecular formula is C15H20N2. The Balaban J connectivity index is 1.63. The molecule has 1 saturated heterocycles. The Hall–Kier alpha value is -0.860. The molecular weight excluding hydrogens is 208 g/mol. The van der Waals surface area contributed by atoms with E-state index >= 15 is 0 Å². The third kappa shape index (κ3) is 1.62. The van der Waals surface area contributed by atoms with Crippen LogP contribution in [0.25, 0.3) is 0 Å². The van der Waals surface area contributed by atoms with Crippen molar-refractivity contribution in [1.82, 2.24) is 10.6 Å². The predicted molar refractivity (Wildman–Crippen MR) is 69.0 cm³/mol. The van der Waals surface area contributed by atoms with Gasteiger partial charge in [0.25, 0.3) is 0 Å². The molecule has 2 heteroatoms. The van der Waals surface area contributed by atoms with Crippen molar-refractivity contribution in [2.75, 3.05) is 19.6 Å². The molecule has 1 heterocycles. The molecule has 1 aromatic carbocycles. The van der Waals surface area contributed by atoms with Gasteiger partial charge >= 0.3 is 0 Å². The Bertz CT molecular complexity index is 425. The average Bonchev–Trinajstić information content (AvgIpc) is 2.98. The van der Waals surface area contributed by atoms with Crippen LogP contribution in [0.2, 0.25) is 0 Å².